The van der Waals surface area contributed by atoms with E-state index in [-0.39, 0.29) is 22.3 Å². The van der Waals surface area contributed by atoms with Crippen LogP contribution in [0.15, 0.2) is 0 Å². The maximum atomic E-state index is 13.6. The number of rotatable bonds is 10. The molecule has 0 unspecified atom stereocenters. The van der Waals surface area contributed by atoms with E-state index in [1.165, 1.54) is 12.8 Å². The van der Waals surface area contributed by atoms with Gasteiger partial charge in [-0.1, -0.05) is 90.9 Å². The van der Waals surface area contributed by atoms with E-state index in [2.05, 4.69) is 13.8 Å². The molecule has 2 fully saturated rings. The first kappa shape index (κ1) is 22.4. The molecule has 0 aliphatic heterocycles. The predicted octanol–water partition coefficient (Wildman–Crippen LogP) is 7.14. The van der Waals surface area contributed by atoms with Crippen molar-refractivity contribution in [3.63, 3.8) is 0 Å². The summed E-state index contributed by atoms with van der Waals surface area (Å²) in [6.45, 7) is 5.09. The largest absolute Gasteiger partial charge is 0.470 e. The molecule has 2 aliphatic rings. The molecule has 5 heteroatoms. The summed E-state index contributed by atoms with van der Waals surface area (Å²) in [7, 11) is -3.02. The third kappa shape index (κ3) is 5.58. The van der Waals surface area contributed by atoms with Gasteiger partial charge in [-0.05, 0) is 23.9 Å². The number of ether oxygens (including phenoxy) is 2. The highest BCUT2D eigenvalue weighted by atomic mass is 28.3. The van der Waals surface area contributed by atoms with Gasteiger partial charge in [0.15, 0.2) is 0 Å². The first-order valence-corrected chi connectivity index (χ1v) is 13.7. The molecule has 2 saturated carbocycles. The first-order chi connectivity index (χ1) is 13.2. The van der Waals surface area contributed by atoms with Crippen LogP contribution >= 0.6 is 0 Å². The van der Waals surface area contributed by atoms with Crippen molar-refractivity contribution in [3.8, 4) is 0 Å². The number of unbranched alkanes of at least 4 members (excludes halogenated alkanes) is 2. The van der Waals surface area contributed by atoms with Crippen molar-refractivity contribution in [2.75, 3.05) is 13.2 Å². The lowest BCUT2D eigenvalue weighted by Crippen LogP contribution is -2.61. The molecule has 0 aromatic rings. The van der Waals surface area contributed by atoms with Crippen LogP contribution in [0.5, 0.6) is 0 Å². The van der Waals surface area contributed by atoms with E-state index in [0.717, 1.165) is 77.0 Å². The molecule has 0 spiro atoms. The minimum Gasteiger partial charge on any atom is -0.470 e. The molecule has 0 atom stereocenters. The summed E-state index contributed by atoms with van der Waals surface area (Å²) in [4.78, 5) is 27.1. The molecule has 0 saturated heterocycles. The molecule has 0 amide bonds. The minimum absolute atomic E-state index is 0.142. The summed E-state index contributed by atoms with van der Waals surface area (Å²) in [5.41, 5.74) is 0.155. The van der Waals surface area contributed by atoms with Gasteiger partial charge in [-0.2, -0.15) is 0 Å². The molecule has 156 valence electrons. The second-order valence-corrected chi connectivity index (χ2v) is 12.7. The van der Waals surface area contributed by atoms with Crippen molar-refractivity contribution in [2.45, 2.75) is 115 Å². The van der Waals surface area contributed by atoms with Gasteiger partial charge in [0.05, 0.1) is 13.2 Å². The molecule has 4 nitrogen and oxygen atoms in total. The third-order valence-corrected chi connectivity index (χ3v) is 12.0. The van der Waals surface area contributed by atoms with Crippen LogP contribution in [-0.4, -0.2) is 32.5 Å². The Labute approximate surface area is 166 Å². The summed E-state index contributed by atoms with van der Waals surface area (Å²) in [5, 5.41) is 0. The Morgan fingerprint density at radius 2 is 1.07 bits per heavy atom. The molecule has 0 heterocycles. The zero-order valence-electron chi connectivity index (χ0n) is 17.6. The summed E-state index contributed by atoms with van der Waals surface area (Å²) in [5.74, 6) is 0. The van der Waals surface area contributed by atoms with E-state index in [1.54, 1.807) is 0 Å². The predicted molar refractivity (Wildman–Crippen MR) is 112 cm³/mol. The van der Waals surface area contributed by atoms with Crippen molar-refractivity contribution in [2.24, 2.45) is 0 Å². The van der Waals surface area contributed by atoms with Crippen molar-refractivity contribution in [1.82, 2.24) is 0 Å². The van der Waals surface area contributed by atoms with E-state index in [0.29, 0.717) is 13.2 Å². The van der Waals surface area contributed by atoms with Crippen LogP contribution < -0.4 is 0 Å². The second-order valence-electron chi connectivity index (χ2n) is 8.52. The molecule has 0 aromatic carbocycles. The van der Waals surface area contributed by atoms with Gasteiger partial charge in [-0.15, -0.1) is 0 Å². The van der Waals surface area contributed by atoms with E-state index >= 15 is 0 Å². The molecular weight excluding hydrogens is 356 g/mol. The topological polar surface area (TPSA) is 52.6 Å². The van der Waals surface area contributed by atoms with Gasteiger partial charge in [0.25, 0.3) is 11.2 Å². The maximum Gasteiger partial charge on any atom is 0.317 e. The van der Waals surface area contributed by atoms with Crippen LogP contribution in [0.4, 0.5) is 9.59 Å². The third-order valence-electron chi connectivity index (χ3n) is 6.64. The van der Waals surface area contributed by atoms with Gasteiger partial charge in [-0.25, -0.2) is 0 Å². The van der Waals surface area contributed by atoms with Crippen LogP contribution in [0.1, 0.15) is 104 Å². The van der Waals surface area contributed by atoms with Crippen LogP contribution in [0, 0.1) is 0 Å². The minimum atomic E-state index is -3.02. The highest BCUT2D eigenvalue weighted by Gasteiger charge is 2.63. The van der Waals surface area contributed by atoms with E-state index in [4.69, 9.17) is 9.47 Å². The van der Waals surface area contributed by atoms with Crippen LogP contribution in [0.2, 0.25) is 11.1 Å². The number of hydrogen-bond acceptors (Lipinski definition) is 4. The first-order valence-electron chi connectivity index (χ1n) is 11.5. The molecule has 2 aliphatic carbocycles. The van der Waals surface area contributed by atoms with Crippen LogP contribution in [0.25, 0.3) is 0 Å². The maximum absolute atomic E-state index is 13.6. The Kier molecular flexibility index (Phi) is 9.87. The zero-order chi connectivity index (χ0) is 19.5. The van der Waals surface area contributed by atoms with Gasteiger partial charge >= 0.3 is 8.07 Å². The smallest absolute Gasteiger partial charge is 0.317 e. The van der Waals surface area contributed by atoms with Crippen LogP contribution in [0.3, 0.4) is 0 Å². The summed E-state index contributed by atoms with van der Waals surface area (Å²) >= 11 is 0. The fourth-order valence-electron chi connectivity index (χ4n) is 5.06. The summed E-state index contributed by atoms with van der Waals surface area (Å²) in [6, 6.07) is 0. The Morgan fingerprint density at radius 3 is 1.41 bits per heavy atom. The average Bonchev–Trinajstić information content (AvgIpc) is 2.71. The molecule has 0 N–H and O–H groups in total. The number of carbonyl (C=O) groups is 2. The molecule has 2 rings (SSSR count). The van der Waals surface area contributed by atoms with Gasteiger partial charge in [0.1, 0.15) is 0 Å². The molecule has 0 bridgehead atoms. The monoisotopic (exact) mass is 396 g/mol. The van der Waals surface area contributed by atoms with Crippen molar-refractivity contribution >= 4 is 19.3 Å². The lowest BCUT2D eigenvalue weighted by molar-refractivity contribution is 0.155. The van der Waals surface area contributed by atoms with Crippen molar-refractivity contribution in [3.05, 3.63) is 0 Å². The van der Waals surface area contributed by atoms with E-state index < -0.39 is 8.07 Å². The summed E-state index contributed by atoms with van der Waals surface area (Å²) in [6.07, 6.45) is 14.8. The highest BCUT2D eigenvalue weighted by Crippen LogP contribution is 2.50. The average molecular weight is 397 g/mol. The standard InChI is InChI=1S/C22H40O4Si/c1-3-5-17-25-21(23)27(19-13-9-7-10-14-19,20-15-11-8-12-16-20)22(24)26-18-6-4-2/h19-20H,3-18H2,1-2H3. The lowest BCUT2D eigenvalue weighted by Gasteiger charge is -2.42. The van der Waals surface area contributed by atoms with Crippen molar-refractivity contribution < 1.29 is 19.1 Å². The molecular formula is C22H40O4Si. The van der Waals surface area contributed by atoms with E-state index in [9.17, 15) is 9.59 Å². The van der Waals surface area contributed by atoms with Gasteiger partial charge in [-0.3, -0.25) is 9.59 Å². The SMILES string of the molecule is CCCCOC(=O)[Si](C(=O)OCCCC)(C1CCCCC1)C1CCCCC1. The molecule has 27 heavy (non-hydrogen) atoms. The fourth-order valence-corrected chi connectivity index (χ4v) is 10.5. The number of hydrogen-bond donors (Lipinski definition) is 0. The molecule has 0 radical (unpaired) electrons. The Bertz CT molecular complexity index is 411. The fraction of sp³-hybridized carbons (Fsp3) is 0.909. The summed E-state index contributed by atoms with van der Waals surface area (Å²) < 4.78 is 11.6. The lowest BCUT2D eigenvalue weighted by atomic mass is 9.99. The Morgan fingerprint density at radius 1 is 0.704 bits per heavy atom. The van der Waals surface area contributed by atoms with Gasteiger partial charge in [0, 0.05) is 0 Å². The van der Waals surface area contributed by atoms with E-state index in [1.807, 2.05) is 0 Å². The number of carbonyl (C=O) groups excluding carboxylic acids is 2. The van der Waals surface area contributed by atoms with Gasteiger partial charge in [0.2, 0.25) is 0 Å². The Balaban J connectivity index is 2.32. The van der Waals surface area contributed by atoms with Crippen LogP contribution in [-0.2, 0) is 9.47 Å². The highest BCUT2D eigenvalue weighted by molar-refractivity contribution is 7.25. The normalized spacial score (nSPS) is 19.6. The van der Waals surface area contributed by atoms with Gasteiger partial charge < -0.3 is 9.47 Å². The quantitative estimate of drug-likeness (QED) is 0.291. The van der Waals surface area contributed by atoms with Crippen molar-refractivity contribution in [1.29, 1.82) is 0 Å². The molecule has 0 aromatic heterocycles. The second kappa shape index (κ2) is 11.9. The zero-order valence-corrected chi connectivity index (χ0v) is 18.6. The Hall–Kier alpha value is -0.843.